The van der Waals surface area contributed by atoms with Gasteiger partial charge in [-0.25, -0.2) is 4.79 Å². The van der Waals surface area contributed by atoms with Crippen molar-refractivity contribution in [2.45, 2.75) is 6.92 Å². The normalized spacial score (nSPS) is 9.77. The number of phenolic OH excluding ortho intramolecular Hbond substituents is 1. The van der Waals surface area contributed by atoms with Crippen LogP contribution in [0.5, 0.6) is 5.75 Å². The van der Waals surface area contributed by atoms with Crippen molar-refractivity contribution in [2.24, 2.45) is 0 Å². The van der Waals surface area contributed by atoms with E-state index in [0.717, 1.165) is 0 Å². The second kappa shape index (κ2) is 3.66. The number of ether oxygens (including phenoxy) is 1. The Hall–Kier alpha value is -1.22. The van der Waals surface area contributed by atoms with Crippen LogP contribution >= 0.6 is 11.6 Å². The van der Waals surface area contributed by atoms with E-state index in [9.17, 15) is 9.90 Å². The maximum Gasteiger partial charge on any atom is 0.337 e. The molecule has 70 valence electrons. The molecule has 0 saturated heterocycles. The Bertz CT molecular complexity index is 324. The molecular weight excluding hydrogens is 192 g/mol. The summed E-state index contributed by atoms with van der Waals surface area (Å²) in [4.78, 5) is 11.1. The molecule has 3 nitrogen and oxygen atoms in total. The third-order valence-corrected chi connectivity index (χ3v) is 1.96. The van der Waals surface area contributed by atoms with Gasteiger partial charge in [-0.05, 0) is 24.6 Å². The molecule has 1 aromatic carbocycles. The van der Waals surface area contributed by atoms with Crippen LogP contribution in [-0.4, -0.2) is 18.2 Å². The number of hydrogen-bond donors (Lipinski definition) is 1. The number of halogens is 1. The lowest BCUT2D eigenvalue weighted by molar-refractivity contribution is 0.0600. The third kappa shape index (κ3) is 1.92. The minimum absolute atomic E-state index is 0.00526. The first-order valence-corrected chi connectivity index (χ1v) is 4.01. The molecule has 0 spiro atoms. The molecule has 0 heterocycles. The molecule has 0 radical (unpaired) electrons. The molecule has 0 unspecified atom stereocenters. The number of carbonyl (C=O) groups excluding carboxylic acids is 1. The van der Waals surface area contributed by atoms with E-state index in [2.05, 4.69) is 4.74 Å². The quantitative estimate of drug-likeness (QED) is 0.707. The summed E-state index contributed by atoms with van der Waals surface area (Å²) in [5.74, 6) is -0.473. The van der Waals surface area contributed by atoms with E-state index in [0.29, 0.717) is 11.1 Å². The second-order valence-electron chi connectivity index (χ2n) is 2.62. The highest BCUT2D eigenvalue weighted by Crippen LogP contribution is 2.28. The Balaban J connectivity index is 3.20. The van der Waals surface area contributed by atoms with Crippen LogP contribution in [-0.2, 0) is 4.74 Å². The Labute approximate surface area is 80.9 Å². The molecule has 0 aliphatic heterocycles. The Morgan fingerprint density at radius 3 is 2.62 bits per heavy atom. The highest BCUT2D eigenvalue weighted by molar-refractivity contribution is 6.32. The van der Waals surface area contributed by atoms with Gasteiger partial charge in [-0.1, -0.05) is 11.6 Å². The minimum Gasteiger partial charge on any atom is -0.506 e. The lowest BCUT2D eigenvalue weighted by atomic mass is 10.1. The average Bonchev–Trinajstić information content (AvgIpc) is 2.12. The summed E-state index contributed by atoms with van der Waals surface area (Å²) in [6.07, 6.45) is 0. The molecule has 1 aromatic rings. The van der Waals surface area contributed by atoms with Crippen LogP contribution in [0.1, 0.15) is 15.9 Å². The van der Waals surface area contributed by atoms with E-state index >= 15 is 0 Å². The van der Waals surface area contributed by atoms with E-state index < -0.39 is 5.97 Å². The first kappa shape index (κ1) is 9.86. The van der Waals surface area contributed by atoms with E-state index in [1.807, 2.05) is 0 Å². The van der Waals surface area contributed by atoms with E-state index in [-0.39, 0.29) is 10.8 Å². The molecule has 1 rings (SSSR count). The maximum atomic E-state index is 11.1. The molecule has 0 aliphatic carbocycles. The average molecular weight is 201 g/mol. The van der Waals surface area contributed by atoms with Gasteiger partial charge >= 0.3 is 5.97 Å². The van der Waals surface area contributed by atoms with E-state index in [1.165, 1.54) is 19.2 Å². The van der Waals surface area contributed by atoms with Gasteiger partial charge in [-0.3, -0.25) is 0 Å². The fourth-order valence-corrected chi connectivity index (χ4v) is 1.24. The molecule has 0 saturated carbocycles. The van der Waals surface area contributed by atoms with Crippen LogP contribution in [0.2, 0.25) is 5.02 Å². The van der Waals surface area contributed by atoms with Crippen molar-refractivity contribution in [3.8, 4) is 5.75 Å². The molecule has 0 fully saturated rings. The summed E-state index contributed by atoms with van der Waals surface area (Å²) < 4.78 is 4.51. The largest absolute Gasteiger partial charge is 0.506 e. The minimum atomic E-state index is -0.468. The molecule has 0 amide bonds. The van der Waals surface area contributed by atoms with Crippen molar-refractivity contribution >= 4 is 17.6 Å². The van der Waals surface area contributed by atoms with Gasteiger partial charge in [-0.2, -0.15) is 0 Å². The van der Waals surface area contributed by atoms with Gasteiger partial charge in [0.1, 0.15) is 5.75 Å². The summed E-state index contributed by atoms with van der Waals surface area (Å²) in [6.45, 7) is 1.66. The van der Waals surface area contributed by atoms with Crippen LogP contribution in [0.15, 0.2) is 12.1 Å². The summed E-state index contributed by atoms with van der Waals surface area (Å²) >= 11 is 5.66. The summed E-state index contributed by atoms with van der Waals surface area (Å²) in [5, 5.41) is 9.45. The highest BCUT2D eigenvalue weighted by Gasteiger charge is 2.10. The number of aryl methyl sites for hydroxylation is 1. The Kier molecular flexibility index (Phi) is 2.78. The monoisotopic (exact) mass is 200 g/mol. The molecule has 0 atom stereocenters. The zero-order chi connectivity index (χ0) is 10.0. The van der Waals surface area contributed by atoms with Gasteiger partial charge in [0.05, 0.1) is 17.7 Å². The van der Waals surface area contributed by atoms with Crippen LogP contribution in [0.4, 0.5) is 0 Å². The number of methoxy groups -OCH3 is 1. The summed E-state index contributed by atoms with van der Waals surface area (Å²) in [7, 11) is 1.29. The predicted molar refractivity (Wildman–Crippen MR) is 49.2 cm³/mol. The number of carbonyl (C=O) groups is 1. The number of esters is 1. The highest BCUT2D eigenvalue weighted by atomic mass is 35.5. The fourth-order valence-electron chi connectivity index (χ4n) is 0.972. The number of rotatable bonds is 1. The number of aromatic hydroxyl groups is 1. The standard InChI is InChI=1S/C9H9ClO3/c1-5-3-6(9(12)13-2)4-7(10)8(5)11/h3-4,11H,1-2H3. The number of benzene rings is 1. The van der Waals surface area contributed by atoms with Crippen molar-refractivity contribution in [1.29, 1.82) is 0 Å². The van der Waals surface area contributed by atoms with Gasteiger partial charge in [0.15, 0.2) is 0 Å². The topological polar surface area (TPSA) is 46.5 Å². The molecular formula is C9H9ClO3. The Morgan fingerprint density at radius 1 is 1.54 bits per heavy atom. The van der Waals surface area contributed by atoms with Crippen molar-refractivity contribution in [3.63, 3.8) is 0 Å². The molecule has 0 aromatic heterocycles. The predicted octanol–water partition coefficient (Wildman–Crippen LogP) is 2.14. The van der Waals surface area contributed by atoms with Crippen LogP contribution in [0.3, 0.4) is 0 Å². The van der Waals surface area contributed by atoms with Crippen molar-refractivity contribution < 1.29 is 14.6 Å². The van der Waals surface area contributed by atoms with Crippen molar-refractivity contribution in [3.05, 3.63) is 28.3 Å². The lowest BCUT2D eigenvalue weighted by Gasteiger charge is -2.04. The molecule has 13 heavy (non-hydrogen) atoms. The molecule has 4 heteroatoms. The second-order valence-corrected chi connectivity index (χ2v) is 3.02. The zero-order valence-electron chi connectivity index (χ0n) is 7.30. The summed E-state index contributed by atoms with van der Waals surface area (Å²) in [5.41, 5.74) is 0.885. The van der Waals surface area contributed by atoms with Crippen LogP contribution in [0, 0.1) is 6.92 Å². The zero-order valence-corrected chi connectivity index (χ0v) is 8.05. The molecule has 0 bridgehead atoms. The van der Waals surface area contributed by atoms with Crippen LogP contribution < -0.4 is 0 Å². The first-order valence-electron chi connectivity index (χ1n) is 3.63. The van der Waals surface area contributed by atoms with E-state index in [4.69, 9.17) is 11.6 Å². The van der Waals surface area contributed by atoms with E-state index in [1.54, 1.807) is 6.92 Å². The first-order chi connectivity index (χ1) is 6.06. The van der Waals surface area contributed by atoms with Crippen molar-refractivity contribution in [1.82, 2.24) is 0 Å². The van der Waals surface area contributed by atoms with Gasteiger partial charge in [0.2, 0.25) is 0 Å². The molecule has 1 N–H and O–H groups in total. The number of hydrogen-bond acceptors (Lipinski definition) is 3. The van der Waals surface area contributed by atoms with Crippen LogP contribution in [0.25, 0.3) is 0 Å². The summed E-state index contributed by atoms with van der Waals surface area (Å²) in [6, 6.07) is 2.89. The Morgan fingerprint density at radius 2 is 2.15 bits per heavy atom. The SMILES string of the molecule is COC(=O)c1cc(C)c(O)c(Cl)c1. The number of phenols is 1. The lowest BCUT2D eigenvalue weighted by Crippen LogP contribution is -2.01. The van der Waals surface area contributed by atoms with Gasteiger partial charge in [-0.15, -0.1) is 0 Å². The smallest absolute Gasteiger partial charge is 0.337 e. The third-order valence-electron chi connectivity index (χ3n) is 1.68. The fraction of sp³-hybridized carbons (Fsp3) is 0.222. The van der Waals surface area contributed by atoms with Gasteiger partial charge < -0.3 is 9.84 Å². The van der Waals surface area contributed by atoms with Gasteiger partial charge in [0, 0.05) is 0 Å². The van der Waals surface area contributed by atoms with Crippen molar-refractivity contribution in [2.75, 3.05) is 7.11 Å². The maximum absolute atomic E-state index is 11.1. The van der Waals surface area contributed by atoms with Gasteiger partial charge in [0.25, 0.3) is 0 Å². The molecule has 0 aliphatic rings.